The van der Waals surface area contributed by atoms with Crippen LogP contribution < -0.4 is 0 Å². The molecule has 0 unspecified atom stereocenters. The molecule has 0 radical (unpaired) electrons. The molecule has 1 nitrogen and oxygen atoms in total. The number of hydrogen-bond donors (Lipinski definition) is 1. The first-order valence-electron chi connectivity index (χ1n) is 6.07. The van der Waals surface area contributed by atoms with E-state index < -0.39 is 0 Å². The number of halogens is 1. The van der Waals surface area contributed by atoms with Crippen LogP contribution in [0.1, 0.15) is 32.6 Å². The summed E-state index contributed by atoms with van der Waals surface area (Å²) in [4.78, 5) is 0. The largest absolute Gasteiger partial charge is 0.393 e. The van der Waals surface area contributed by atoms with Crippen LogP contribution in [-0.2, 0) is 0 Å². The molecule has 0 spiro atoms. The van der Waals surface area contributed by atoms with Gasteiger partial charge in [-0.05, 0) is 49.7 Å². The molecule has 2 heteroatoms. The summed E-state index contributed by atoms with van der Waals surface area (Å²) in [6, 6.07) is 0. The van der Waals surface area contributed by atoms with Crippen molar-refractivity contribution in [1.29, 1.82) is 0 Å². The van der Waals surface area contributed by atoms with Crippen LogP contribution in [0.2, 0.25) is 0 Å². The topological polar surface area (TPSA) is 20.2 Å². The first-order chi connectivity index (χ1) is 8.81. The summed E-state index contributed by atoms with van der Waals surface area (Å²) >= 11 is 5.32. The van der Waals surface area contributed by atoms with Crippen LogP contribution in [0.15, 0.2) is 35.9 Å². The Labute approximate surface area is 115 Å². The molecule has 0 aliphatic heterocycles. The van der Waals surface area contributed by atoms with E-state index in [1.54, 1.807) is 24.3 Å². The fourth-order valence-electron chi connectivity index (χ4n) is 1.12. The molecule has 96 valence electrons. The third-order valence-electron chi connectivity index (χ3n) is 2.15. The molecule has 1 atom stereocenters. The van der Waals surface area contributed by atoms with Crippen molar-refractivity contribution < 1.29 is 5.11 Å². The lowest BCUT2D eigenvalue weighted by molar-refractivity contribution is 0.158. The van der Waals surface area contributed by atoms with Gasteiger partial charge in [-0.2, -0.15) is 0 Å². The zero-order valence-electron chi connectivity index (χ0n) is 10.7. The summed E-state index contributed by atoms with van der Waals surface area (Å²) in [6.07, 6.45) is 12.4. The first-order valence-corrected chi connectivity index (χ1v) is 6.51. The molecule has 18 heavy (non-hydrogen) atoms. The average molecular weight is 263 g/mol. The second-order valence-electron chi connectivity index (χ2n) is 3.61. The third kappa shape index (κ3) is 12.7. The highest BCUT2D eigenvalue weighted by molar-refractivity contribution is 6.25. The molecular formula is C16H19ClO. The monoisotopic (exact) mass is 262 g/mol. The van der Waals surface area contributed by atoms with E-state index in [2.05, 4.69) is 23.7 Å². The standard InChI is InChI=1S/C16H19ClO/c1-2-16(18)14-12-10-8-6-4-3-5-7-9-11-13-15-17/h6,8-9,11,13,15-16,18H,2,10,12,14H2,1H3/b8-6-,11-9-,15-13-/t16-/m0/s1. The fraction of sp³-hybridized carbons (Fsp3) is 0.375. The Balaban J connectivity index is 3.70. The van der Waals surface area contributed by atoms with Gasteiger partial charge in [0.1, 0.15) is 0 Å². The third-order valence-corrected chi connectivity index (χ3v) is 2.30. The molecule has 1 N–H and O–H groups in total. The van der Waals surface area contributed by atoms with E-state index >= 15 is 0 Å². The zero-order valence-corrected chi connectivity index (χ0v) is 11.5. The number of unbranched alkanes of at least 4 members (excludes halogenated alkanes) is 1. The summed E-state index contributed by atoms with van der Waals surface area (Å²) in [5, 5.41) is 9.33. The van der Waals surface area contributed by atoms with Crippen molar-refractivity contribution in [2.45, 2.75) is 38.7 Å². The van der Waals surface area contributed by atoms with Gasteiger partial charge in [0.15, 0.2) is 0 Å². The van der Waals surface area contributed by atoms with Gasteiger partial charge >= 0.3 is 0 Å². The number of rotatable bonds is 6. The SMILES string of the molecule is CC[C@H](O)CCC/C=C\C#CC#C/C=C\C=C/Cl. The molecule has 0 aromatic carbocycles. The van der Waals surface area contributed by atoms with Crippen LogP contribution in [0.4, 0.5) is 0 Å². The molecule has 0 saturated carbocycles. The Morgan fingerprint density at radius 2 is 1.89 bits per heavy atom. The summed E-state index contributed by atoms with van der Waals surface area (Å²) in [6.45, 7) is 1.99. The van der Waals surface area contributed by atoms with E-state index in [-0.39, 0.29) is 6.10 Å². The average Bonchev–Trinajstić information content (AvgIpc) is 2.39. The second-order valence-corrected chi connectivity index (χ2v) is 3.86. The lowest BCUT2D eigenvalue weighted by atomic mass is 10.1. The number of aliphatic hydroxyl groups is 1. The first kappa shape index (κ1) is 16.6. The van der Waals surface area contributed by atoms with Crippen molar-refractivity contribution >= 4 is 11.6 Å². The number of aliphatic hydroxyl groups excluding tert-OH is 1. The quantitative estimate of drug-likeness (QED) is 0.439. The van der Waals surface area contributed by atoms with Crippen LogP contribution in [-0.4, -0.2) is 11.2 Å². The Bertz CT molecular complexity index is 396. The highest BCUT2D eigenvalue weighted by Crippen LogP contribution is 2.03. The lowest BCUT2D eigenvalue weighted by Crippen LogP contribution is -2.02. The van der Waals surface area contributed by atoms with E-state index in [4.69, 9.17) is 11.6 Å². The molecule has 0 fully saturated rings. The minimum Gasteiger partial charge on any atom is -0.393 e. The van der Waals surface area contributed by atoms with Gasteiger partial charge < -0.3 is 5.11 Å². The highest BCUT2D eigenvalue weighted by Gasteiger charge is 1.97. The van der Waals surface area contributed by atoms with E-state index in [0.29, 0.717) is 0 Å². The maximum atomic E-state index is 9.33. The van der Waals surface area contributed by atoms with Crippen LogP contribution >= 0.6 is 11.6 Å². The van der Waals surface area contributed by atoms with E-state index in [1.165, 1.54) is 5.54 Å². The summed E-state index contributed by atoms with van der Waals surface area (Å²) in [5.74, 6) is 11.0. The Hall–Kier alpha value is -1.41. The van der Waals surface area contributed by atoms with Gasteiger partial charge in [0.2, 0.25) is 0 Å². The molecule has 0 amide bonds. The van der Waals surface area contributed by atoms with Gasteiger partial charge in [-0.1, -0.05) is 48.6 Å². The molecule has 0 aliphatic carbocycles. The van der Waals surface area contributed by atoms with Crippen molar-refractivity contribution in [3.8, 4) is 23.7 Å². The molecule has 0 aromatic heterocycles. The van der Waals surface area contributed by atoms with Gasteiger partial charge in [-0.25, -0.2) is 0 Å². The maximum absolute atomic E-state index is 9.33. The van der Waals surface area contributed by atoms with Crippen molar-refractivity contribution in [2.24, 2.45) is 0 Å². The van der Waals surface area contributed by atoms with Crippen LogP contribution in [0.5, 0.6) is 0 Å². The van der Waals surface area contributed by atoms with E-state index in [1.807, 2.05) is 13.0 Å². The van der Waals surface area contributed by atoms with E-state index in [0.717, 1.165) is 25.7 Å². The highest BCUT2D eigenvalue weighted by atomic mass is 35.5. The minimum absolute atomic E-state index is 0.163. The fourth-order valence-corrected chi connectivity index (χ4v) is 1.20. The normalized spacial score (nSPS) is 12.4. The zero-order chi connectivity index (χ0) is 13.5. The van der Waals surface area contributed by atoms with Crippen molar-refractivity contribution in [1.82, 2.24) is 0 Å². The molecule has 0 rings (SSSR count). The Kier molecular flexibility index (Phi) is 12.6. The lowest BCUT2D eigenvalue weighted by Gasteiger charge is -2.04. The van der Waals surface area contributed by atoms with Gasteiger partial charge in [0.25, 0.3) is 0 Å². The second kappa shape index (κ2) is 13.7. The van der Waals surface area contributed by atoms with Crippen molar-refractivity contribution in [3.05, 3.63) is 35.9 Å². The molecule has 0 aliphatic rings. The van der Waals surface area contributed by atoms with Gasteiger partial charge in [-0.3, -0.25) is 0 Å². The summed E-state index contributed by atoms with van der Waals surface area (Å²) < 4.78 is 0. The van der Waals surface area contributed by atoms with Crippen molar-refractivity contribution in [3.63, 3.8) is 0 Å². The number of hydrogen-bond acceptors (Lipinski definition) is 1. The van der Waals surface area contributed by atoms with Crippen molar-refractivity contribution in [2.75, 3.05) is 0 Å². The molecule has 0 aromatic rings. The van der Waals surface area contributed by atoms with Gasteiger partial charge in [-0.15, -0.1) is 0 Å². The Morgan fingerprint density at radius 1 is 1.17 bits per heavy atom. The predicted octanol–water partition coefficient (Wildman–Crippen LogP) is 3.80. The van der Waals surface area contributed by atoms with Crippen LogP contribution in [0.3, 0.4) is 0 Å². The molecule has 0 saturated heterocycles. The smallest absolute Gasteiger partial charge is 0.0537 e. The molecule has 0 bridgehead atoms. The Morgan fingerprint density at radius 3 is 2.56 bits per heavy atom. The van der Waals surface area contributed by atoms with Gasteiger partial charge in [0.05, 0.1) is 6.10 Å². The predicted molar refractivity (Wildman–Crippen MR) is 79.0 cm³/mol. The summed E-state index contributed by atoms with van der Waals surface area (Å²) in [7, 11) is 0. The maximum Gasteiger partial charge on any atom is 0.0537 e. The van der Waals surface area contributed by atoms with Crippen LogP contribution in [0, 0.1) is 23.7 Å². The minimum atomic E-state index is -0.163. The number of allylic oxidation sites excluding steroid dienone is 5. The van der Waals surface area contributed by atoms with Gasteiger partial charge in [0, 0.05) is 5.54 Å². The van der Waals surface area contributed by atoms with Crippen LogP contribution in [0.25, 0.3) is 0 Å². The molecular weight excluding hydrogens is 244 g/mol. The molecule has 0 heterocycles. The summed E-state index contributed by atoms with van der Waals surface area (Å²) in [5.41, 5.74) is 1.42. The van der Waals surface area contributed by atoms with E-state index in [9.17, 15) is 5.11 Å².